The Labute approximate surface area is 58.5 Å². The summed E-state index contributed by atoms with van der Waals surface area (Å²) in [7, 11) is 0. The zero-order valence-corrected chi connectivity index (χ0v) is 5.41. The van der Waals surface area contributed by atoms with Gasteiger partial charge in [-0.1, -0.05) is 6.08 Å². The minimum atomic E-state index is -0.454. The molecule has 1 aliphatic rings. The molecule has 0 aliphatic carbocycles. The quantitative estimate of drug-likeness (QED) is 0.391. The third-order valence-electron chi connectivity index (χ3n) is 1.17. The van der Waals surface area contributed by atoms with Crippen molar-refractivity contribution in [1.82, 2.24) is 10.2 Å². The highest BCUT2D eigenvalue weighted by atomic mass is 16.2. The van der Waals surface area contributed by atoms with E-state index in [9.17, 15) is 9.59 Å². The van der Waals surface area contributed by atoms with E-state index in [2.05, 4.69) is 11.9 Å². The van der Waals surface area contributed by atoms with Gasteiger partial charge in [0.15, 0.2) is 0 Å². The van der Waals surface area contributed by atoms with E-state index < -0.39 is 6.03 Å². The van der Waals surface area contributed by atoms with Gasteiger partial charge in [-0.25, -0.2) is 4.79 Å². The summed E-state index contributed by atoms with van der Waals surface area (Å²) in [5.74, 6) is -0.369. The second-order valence-electron chi connectivity index (χ2n) is 1.96. The number of nitrogens with zero attached hydrogens (tertiary/aromatic N) is 2. The van der Waals surface area contributed by atoms with Crippen molar-refractivity contribution < 1.29 is 9.59 Å². The van der Waals surface area contributed by atoms with Gasteiger partial charge in [0.2, 0.25) is 0 Å². The number of carbonyl (C=O) groups is 2. The van der Waals surface area contributed by atoms with Gasteiger partial charge in [-0.05, 0) is 0 Å². The van der Waals surface area contributed by atoms with Crippen LogP contribution in [0.2, 0.25) is 0 Å². The Morgan fingerprint density at radius 3 is 2.80 bits per heavy atom. The molecule has 1 rings (SSSR count). The maximum atomic E-state index is 10.7. The lowest BCUT2D eigenvalue weighted by Gasteiger charge is -2.06. The van der Waals surface area contributed by atoms with Gasteiger partial charge in [0.05, 0.1) is 0 Å². The van der Waals surface area contributed by atoms with Crippen molar-refractivity contribution in [3.8, 4) is 0 Å². The van der Waals surface area contributed by atoms with Gasteiger partial charge in [0, 0.05) is 6.54 Å². The summed E-state index contributed by atoms with van der Waals surface area (Å²) in [6.45, 7) is 3.94. The molecule has 0 atom stereocenters. The molecule has 0 N–H and O–H groups in total. The second kappa shape index (κ2) is 2.51. The Kier molecular flexibility index (Phi) is 1.71. The van der Waals surface area contributed by atoms with E-state index in [1.165, 1.54) is 4.90 Å². The Hall–Kier alpha value is -1.32. The van der Waals surface area contributed by atoms with Gasteiger partial charge in [-0.15, -0.1) is 6.58 Å². The number of hydrogen-bond acceptors (Lipinski definition) is 2. The molecule has 1 saturated heterocycles. The summed E-state index contributed by atoms with van der Waals surface area (Å²) in [4.78, 5) is 22.5. The molecule has 0 aromatic heterocycles. The van der Waals surface area contributed by atoms with Crippen molar-refractivity contribution in [3.05, 3.63) is 12.7 Å². The average molecular weight is 139 g/mol. The SMILES string of the molecule is C=CCN1CC(=O)[N]C1=O. The van der Waals surface area contributed by atoms with Gasteiger partial charge in [0.25, 0.3) is 5.91 Å². The third-order valence-corrected chi connectivity index (χ3v) is 1.17. The zero-order valence-electron chi connectivity index (χ0n) is 5.41. The molecule has 0 bridgehead atoms. The van der Waals surface area contributed by atoms with E-state index in [1.807, 2.05) is 0 Å². The van der Waals surface area contributed by atoms with Gasteiger partial charge < -0.3 is 4.90 Å². The van der Waals surface area contributed by atoms with Crippen LogP contribution in [0.1, 0.15) is 0 Å². The Bertz CT molecular complexity index is 188. The molecule has 1 aliphatic heterocycles. The monoisotopic (exact) mass is 139 g/mol. The van der Waals surface area contributed by atoms with E-state index in [1.54, 1.807) is 6.08 Å². The van der Waals surface area contributed by atoms with Crippen LogP contribution >= 0.6 is 0 Å². The molecule has 1 fully saturated rings. The highest BCUT2D eigenvalue weighted by Crippen LogP contribution is 1.98. The number of hydrogen-bond donors (Lipinski definition) is 0. The highest BCUT2D eigenvalue weighted by molar-refractivity contribution is 6.01. The standard InChI is InChI=1S/C6H7N2O2/c1-2-3-8-4-5(9)7-6(8)10/h2H,1,3-4H2. The smallest absolute Gasteiger partial charge is 0.310 e. The van der Waals surface area contributed by atoms with Crippen molar-refractivity contribution >= 4 is 11.9 Å². The first-order valence-electron chi connectivity index (χ1n) is 2.88. The molecule has 10 heavy (non-hydrogen) atoms. The fourth-order valence-corrected chi connectivity index (χ4v) is 0.742. The zero-order chi connectivity index (χ0) is 7.56. The summed E-state index contributed by atoms with van der Waals surface area (Å²) in [5.41, 5.74) is 0. The van der Waals surface area contributed by atoms with Crippen molar-refractivity contribution in [2.45, 2.75) is 0 Å². The van der Waals surface area contributed by atoms with Crippen molar-refractivity contribution in [2.24, 2.45) is 0 Å². The highest BCUT2D eigenvalue weighted by Gasteiger charge is 2.27. The van der Waals surface area contributed by atoms with Crippen LogP contribution in [-0.4, -0.2) is 29.9 Å². The van der Waals surface area contributed by atoms with Crippen LogP contribution in [0.3, 0.4) is 0 Å². The number of urea groups is 1. The summed E-state index contributed by atoms with van der Waals surface area (Å²) in [6.07, 6.45) is 1.56. The Balaban J connectivity index is 2.54. The van der Waals surface area contributed by atoms with Crippen LogP contribution < -0.4 is 5.32 Å². The minimum Gasteiger partial charge on any atom is -0.310 e. The molecular formula is C6H7N2O2. The molecule has 4 nitrogen and oxygen atoms in total. The number of imide groups is 1. The number of amides is 3. The molecule has 1 heterocycles. The Morgan fingerprint density at radius 1 is 1.70 bits per heavy atom. The van der Waals surface area contributed by atoms with Gasteiger partial charge in [-0.2, -0.15) is 5.32 Å². The summed E-state index contributed by atoms with van der Waals surface area (Å²) >= 11 is 0. The van der Waals surface area contributed by atoms with Crippen molar-refractivity contribution in [1.29, 1.82) is 0 Å². The van der Waals surface area contributed by atoms with E-state index in [0.29, 0.717) is 6.54 Å². The predicted octanol–water partition coefficient (Wildman–Crippen LogP) is -0.261. The third kappa shape index (κ3) is 1.15. The first kappa shape index (κ1) is 6.80. The van der Waals surface area contributed by atoms with Crippen LogP contribution in [0.15, 0.2) is 12.7 Å². The number of rotatable bonds is 2. The van der Waals surface area contributed by atoms with Crippen LogP contribution in [0.5, 0.6) is 0 Å². The van der Waals surface area contributed by atoms with E-state index in [-0.39, 0.29) is 12.5 Å². The van der Waals surface area contributed by atoms with E-state index in [0.717, 1.165) is 0 Å². The number of carbonyl (C=O) groups excluding carboxylic acids is 2. The predicted molar refractivity (Wildman–Crippen MR) is 34.3 cm³/mol. The summed E-state index contributed by atoms with van der Waals surface area (Å²) < 4.78 is 0. The van der Waals surface area contributed by atoms with Crippen LogP contribution in [0.25, 0.3) is 0 Å². The second-order valence-corrected chi connectivity index (χ2v) is 1.96. The molecule has 3 amide bonds. The van der Waals surface area contributed by atoms with E-state index >= 15 is 0 Å². The molecule has 0 aromatic rings. The normalized spacial score (nSPS) is 17.4. The van der Waals surface area contributed by atoms with Crippen molar-refractivity contribution in [3.63, 3.8) is 0 Å². The molecule has 0 spiro atoms. The fraction of sp³-hybridized carbons (Fsp3) is 0.333. The van der Waals surface area contributed by atoms with Gasteiger partial charge in [-0.3, -0.25) is 4.79 Å². The molecular weight excluding hydrogens is 132 g/mol. The average Bonchev–Trinajstić information content (AvgIpc) is 2.13. The fourth-order valence-electron chi connectivity index (χ4n) is 0.742. The maximum Gasteiger partial charge on any atom is 0.347 e. The summed E-state index contributed by atoms with van der Waals surface area (Å²) in [6, 6.07) is -0.454. The lowest BCUT2D eigenvalue weighted by molar-refractivity contribution is -0.118. The molecule has 0 saturated carbocycles. The van der Waals surface area contributed by atoms with Crippen molar-refractivity contribution in [2.75, 3.05) is 13.1 Å². The molecule has 53 valence electrons. The lowest BCUT2D eigenvalue weighted by atomic mass is 10.5. The first-order chi connectivity index (χ1) is 4.74. The maximum absolute atomic E-state index is 10.7. The largest absolute Gasteiger partial charge is 0.347 e. The van der Waals surface area contributed by atoms with E-state index in [4.69, 9.17) is 0 Å². The topological polar surface area (TPSA) is 51.5 Å². The molecule has 4 heteroatoms. The van der Waals surface area contributed by atoms with Crippen LogP contribution in [-0.2, 0) is 4.79 Å². The molecule has 0 aromatic carbocycles. The summed E-state index contributed by atoms with van der Waals surface area (Å²) in [5, 5.41) is 3.19. The molecule has 0 unspecified atom stereocenters. The van der Waals surface area contributed by atoms with Crippen LogP contribution in [0, 0.1) is 0 Å². The lowest BCUT2D eigenvalue weighted by Crippen LogP contribution is -2.25. The van der Waals surface area contributed by atoms with Crippen LogP contribution in [0.4, 0.5) is 4.79 Å². The first-order valence-corrected chi connectivity index (χ1v) is 2.88. The Morgan fingerprint density at radius 2 is 2.40 bits per heavy atom. The molecule has 1 radical (unpaired) electrons. The van der Waals surface area contributed by atoms with Gasteiger partial charge >= 0.3 is 6.03 Å². The van der Waals surface area contributed by atoms with Gasteiger partial charge in [0.1, 0.15) is 6.54 Å². The minimum absolute atomic E-state index is 0.102.